The number of likely N-dealkylation sites (N-methyl/N-ethyl adjacent to an activating group) is 1. The van der Waals surface area contributed by atoms with Crippen LogP contribution in [0.2, 0.25) is 10.0 Å². The van der Waals surface area contributed by atoms with E-state index in [1.54, 1.807) is 23.1 Å². The summed E-state index contributed by atoms with van der Waals surface area (Å²) in [5.41, 5.74) is 8.79. The number of nitrogen functional groups attached to an aromatic ring is 1. The van der Waals surface area contributed by atoms with Crippen molar-refractivity contribution in [3.63, 3.8) is 0 Å². The first-order chi connectivity index (χ1) is 13.5. The van der Waals surface area contributed by atoms with Crippen LogP contribution in [0.1, 0.15) is 13.8 Å². The number of halogens is 2. The number of fused-ring (bicyclic) bond motifs is 1. The fraction of sp³-hybridized carbons (Fsp3) is 0.381. The second kappa shape index (κ2) is 9.50. The Morgan fingerprint density at radius 2 is 1.86 bits per heavy atom. The van der Waals surface area contributed by atoms with Crippen LogP contribution < -0.4 is 19.9 Å². The van der Waals surface area contributed by atoms with Crippen molar-refractivity contribution in [3.05, 3.63) is 52.5 Å². The fourth-order valence-corrected chi connectivity index (χ4v) is 3.96. The molecular weight excluding hydrogens is 395 g/mol. The minimum atomic E-state index is 0.464. The molecule has 0 unspecified atom stereocenters. The van der Waals surface area contributed by atoms with Gasteiger partial charge in [0.2, 0.25) is 0 Å². The summed E-state index contributed by atoms with van der Waals surface area (Å²) in [6.45, 7) is 9.70. The van der Waals surface area contributed by atoms with Crippen LogP contribution >= 0.6 is 23.2 Å². The molecule has 0 fully saturated rings. The van der Waals surface area contributed by atoms with Gasteiger partial charge in [0.05, 0.1) is 18.1 Å². The standard InChI is InChI=1S/C21H26Cl2N4O/c1-3-25(4-2)11-12-26-18-7-5-6-8-19(18)27(21(26)24)13-14-28-20-10-9-16(22)15-17(20)23/h5-10,15,24H,3-4,11-14H2,1-2H3/p+2. The lowest BCUT2D eigenvalue weighted by atomic mass is 10.3. The smallest absolute Gasteiger partial charge is 0.356 e. The van der Waals surface area contributed by atoms with Gasteiger partial charge in [0.25, 0.3) is 0 Å². The molecule has 150 valence electrons. The third-order valence-electron chi connectivity index (χ3n) is 5.17. The highest BCUT2D eigenvalue weighted by atomic mass is 35.5. The minimum absolute atomic E-state index is 0.464. The van der Waals surface area contributed by atoms with Crippen LogP contribution in [-0.2, 0) is 13.1 Å². The second-order valence-corrected chi connectivity index (χ2v) is 7.62. The van der Waals surface area contributed by atoms with E-state index in [1.165, 1.54) is 0 Å². The topological polar surface area (TPSA) is 48.5 Å². The molecule has 0 bridgehead atoms. The number of para-hydroxylation sites is 2. The maximum atomic E-state index is 6.53. The number of hydrogen-bond acceptors (Lipinski definition) is 2. The molecule has 0 saturated carbocycles. The van der Waals surface area contributed by atoms with Crippen LogP contribution in [0.4, 0.5) is 5.95 Å². The van der Waals surface area contributed by atoms with E-state index in [2.05, 4.69) is 41.2 Å². The monoisotopic (exact) mass is 422 g/mol. The number of rotatable bonds is 9. The Hall–Kier alpha value is -1.95. The number of hydrogen-bond donors (Lipinski definition) is 2. The van der Waals surface area contributed by atoms with Crippen molar-refractivity contribution in [2.24, 2.45) is 0 Å². The molecule has 1 heterocycles. The summed E-state index contributed by atoms with van der Waals surface area (Å²) in [6.07, 6.45) is 0. The van der Waals surface area contributed by atoms with Crippen LogP contribution in [0.25, 0.3) is 11.0 Å². The van der Waals surface area contributed by atoms with Gasteiger partial charge in [-0.2, -0.15) is 0 Å². The van der Waals surface area contributed by atoms with E-state index in [1.807, 2.05) is 6.07 Å². The molecule has 0 radical (unpaired) electrons. The van der Waals surface area contributed by atoms with Gasteiger partial charge in [-0.25, -0.2) is 9.13 Å². The predicted molar refractivity (Wildman–Crippen MR) is 115 cm³/mol. The van der Waals surface area contributed by atoms with Crippen LogP contribution in [-0.4, -0.2) is 30.8 Å². The molecule has 0 atom stereocenters. The Balaban J connectivity index is 1.78. The molecule has 1 aromatic heterocycles. The molecular formula is C21H28Cl2N4O+2. The average Bonchev–Trinajstić information content (AvgIpc) is 2.96. The third kappa shape index (κ3) is 4.54. The third-order valence-corrected chi connectivity index (χ3v) is 5.70. The highest BCUT2D eigenvalue weighted by Crippen LogP contribution is 2.27. The summed E-state index contributed by atoms with van der Waals surface area (Å²) >= 11 is 12.1. The molecule has 0 saturated heterocycles. The molecule has 0 aliphatic heterocycles. The van der Waals surface area contributed by atoms with Crippen LogP contribution in [0.3, 0.4) is 0 Å². The molecule has 0 aliphatic carbocycles. The van der Waals surface area contributed by atoms with Crippen molar-refractivity contribution in [3.8, 4) is 5.75 Å². The predicted octanol–water partition coefficient (Wildman–Crippen LogP) is 2.82. The van der Waals surface area contributed by atoms with Crippen LogP contribution in [0.15, 0.2) is 42.5 Å². The largest absolute Gasteiger partial charge is 0.489 e. The first-order valence-corrected chi connectivity index (χ1v) is 10.5. The van der Waals surface area contributed by atoms with Gasteiger partial charge < -0.3 is 9.64 Å². The van der Waals surface area contributed by atoms with E-state index in [-0.39, 0.29) is 0 Å². The Kier molecular flexibility index (Phi) is 7.05. The van der Waals surface area contributed by atoms with Gasteiger partial charge in [-0.1, -0.05) is 35.3 Å². The number of nitrogens with one attached hydrogen (secondary N) is 1. The van der Waals surface area contributed by atoms with Gasteiger partial charge in [-0.15, -0.1) is 0 Å². The van der Waals surface area contributed by atoms with E-state index in [4.69, 9.17) is 33.7 Å². The zero-order valence-electron chi connectivity index (χ0n) is 16.4. The second-order valence-electron chi connectivity index (χ2n) is 6.78. The Bertz CT molecular complexity index is 938. The zero-order chi connectivity index (χ0) is 20.1. The van der Waals surface area contributed by atoms with Crippen molar-refractivity contribution >= 4 is 40.2 Å². The summed E-state index contributed by atoms with van der Waals surface area (Å²) < 4.78 is 10.2. The van der Waals surface area contributed by atoms with Crippen molar-refractivity contribution in [1.82, 2.24) is 4.57 Å². The first kappa shape index (κ1) is 20.8. The Labute approximate surface area is 176 Å². The van der Waals surface area contributed by atoms with Gasteiger partial charge >= 0.3 is 5.95 Å². The number of benzene rings is 2. The highest BCUT2D eigenvalue weighted by Gasteiger charge is 2.21. The first-order valence-electron chi connectivity index (χ1n) is 9.73. The molecule has 0 spiro atoms. The van der Waals surface area contributed by atoms with E-state index >= 15 is 0 Å². The summed E-state index contributed by atoms with van der Waals surface area (Å²) in [6, 6.07) is 13.5. The molecule has 3 N–H and O–H groups in total. The SMILES string of the molecule is CC[NH+](CC)CC[n+]1c(N)n(CCOc2ccc(Cl)cc2Cl)c2ccccc21. The summed E-state index contributed by atoms with van der Waals surface area (Å²) in [4.78, 5) is 1.56. The lowest BCUT2D eigenvalue weighted by Gasteiger charge is -2.14. The van der Waals surface area contributed by atoms with E-state index in [0.29, 0.717) is 28.9 Å². The number of quaternary nitrogens is 1. The molecule has 7 heteroatoms. The maximum Gasteiger partial charge on any atom is 0.356 e. The highest BCUT2D eigenvalue weighted by molar-refractivity contribution is 6.35. The van der Waals surface area contributed by atoms with Gasteiger partial charge in [0, 0.05) is 5.02 Å². The molecule has 0 aliphatic rings. The van der Waals surface area contributed by atoms with Gasteiger partial charge in [-0.05, 0) is 44.2 Å². The van der Waals surface area contributed by atoms with Crippen molar-refractivity contribution in [1.29, 1.82) is 0 Å². The quantitative estimate of drug-likeness (QED) is 0.520. The zero-order valence-corrected chi connectivity index (χ0v) is 17.9. The Morgan fingerprint density at radius 3 is 2.57 bits per heavy atom. The fourth-order valence-electron chi connectivity index (χ4n) is 3.50. The number of imidazole rings is 1. The van der Waals surface area contributed by atoms with E-state index in [0.717, 1.165) is 43.2 Å². The van der Waals surface area contributed by atoms with Crippen molar-refractivity contribution in [2.75, 3.05) is 32.0 Å². The van der Waals surface area contributed by atoms with Crippen molar-refractivity contribution < 1.29 is 14.2 Å². The van der Waals surface area contributed by atoms with E-state index < -0.39 is 0 Å². The molecule has 3 rings (SSSR count). The summed E-state index contributed by atoms with van der Waals surface area (Å²) in [7, 11) is 0. The van der Waals surface area contributed by atoms with Crippen LogP contribution in [0, 0.1) is 0 Å². The number of nitrogens with two attached hydrogens (primary N) is 1. The summed E-state index contributed by atoms with van der Waals surface area (Å²) in [5, 5.41) is 1.10. The number of anilines is 1. The lowest BCUT2D eigenvalue weighted by molar-refractivity contribution is -0.913. The van der Waals surface area contributed by atoms with Crippen LogP contribution in [0.5, 0.6) is 5.75 Å². The van der Waals surface area contributed by atoms with Crippen molar-refractivity contribution in [2.45, 2.75) is 26.9 Å². The van der Waals surface area contributed by atoms with Gasteiger partial charge in [0.15, 0.2) is 0 Å². The molecule has 0 amide bonds. The van der Waals surface area contributed by atoms with Gasteiger partial charge in [0.1, 0.15) is 43.0 Å². The normalized spacial score (nSPS) is 11.5. The number of nitrogens with zero attached hydrogens (tertiary/aromatic N) is 2. The number of aromatic nitrogens is 2. The molecule has 2 aromatic carbocycles. The lowest BCUT2D eigenvalue weighted by Crippen LogP contribution is -3.12. The van der Waals surface area contributed by atoms with E-state index in [9.17, 15) is 0 Å². The number of ether oxygens (including phenoxy) is 1. The van der Waals surface area contributed by atoms with Gasteiger partial charge in [-0.3, -0.25) is 5.73 Å². The summed E-state index contributed by atoms with van der Waals surface area (Å²) in [5.74, 6) is 1.37. The Morgan fingerprint density at radius 1 is 1.11 bits per heavy atom. The maximum absolute atomic E-state index is 6.53. The minimum Gasteiger partial charge on any atom is -0.489 e. The molecule has 28 heavy (non-hydrogen) atoms. The molecule has 3 aromatic rings. The molecule has 5 nitrogen and oxygen atoms in total. The average molecular weight is 423 g/mol.